The van der Waals surface area contributed by atoms with Crippen LogP contribution in [0.25, 0.3) is 17.5 Å². The van der Waals surface area contributed by atoms with Crippen molar-refractivity contribution in [3.05, 3.63) is 85.7 Å². The number of carboxylic acids is 1. The quantitative estimate of drug-likeness (QED) is 0.134. The van der Waals surface area contributed by atoms with Gasteiger partial charge in [-0.05, 0) is 72.8 Å². The molecular formula is C28H24Cl3N3O5S. The van der Waals surface area contributed by atoms with Gasteiger partial charge in [-0.1, -0.05) is 40.9 Å². The molecule has 1 aromatic heterocycles. The maximum Gasteiger partial charge on any atom is 0.342 e. The van der Waals surface area contributed by atoms with Crippen LogP contribution in [0.4, 0.5) is 0 Å². The van der Waals surface area contributed by atoms with Gasteiger partial charge in [-0.15, -0.1) is 10.2 Å². The third-order valence-electron chi connectivity index (χ3n) is 5.69. The Hall–Kier alpha value is -3.37. The fourth-order valence-corrected chi connectivity index (χ4v) is 5.11. The molecule has 4 aromatic rings. The number of carboxylic acid groups (broad SMARTS) is 1. The lowest BCUT2D eigenvalue weighted by atomic mass is 10.2. The average molecular weight is 621 g/mol. The van der Waals surface area contributed by atoms with Crippen molar-refractivity contribution in [1.82, 2.24) is 14.8 Å². The lowest BCUT2D eigenvalue weighted by molar-refractivity contribution is -0.131. The van der Waals surface area contributed by atoms with Crippen molar-refractivity contribution in [2.45, 2.75) is 25.2 Å². The number of methoxy groups -OCH3 is 2. The summed E-state index contributed by atoms with van der Waals surface area (Å²) in [6, 6.07) is 15.5. The van der Waals surface area contributed by atoms with Gasteiger partial charge in [0.1, 0.15) is 28.8 Å². The summed E-state index contributed by atoms with van der Waals surface area (Å²) < 4.78 is 18.6. The van der Waals surface area contributed by atoms with E-state index in [0.29, 0.717) is 61.0 Å². The van der Waals surface area contributed by atoms with Crippen LogP contribution in [0.15, 0.2) is 64.7 Å². The SMILES string of the molecule is CCn1c(S/C(=C\c2cc(Cl)ccc2OCc2ccc(Cl)c(Cl)c2)C(=O)O)nnc1-c1cc(OC)cc(OC)c1. The normalized spacial score (nSPS) is 11.4. The van der Waals surface area contributed by atoms with Crippen molar-refractivity contribution in [2.24, 2.45) is 0 Å². The fraction of sp³-hybridized carbons (Fsp3) is 0.179. The number of rotatable bonds is 11. The zero-order valence-electron chi connectivity index (χ0n) is 21.7. The van der Waals surface area contributed by atoms with Crippen molar-refractivity contribution >= 4 is 58.6 Å². The number of thioether (sulfide) groups is 1. The Morgan fingerprint density at radius 1 is 0.975 bits per heavy atom. The zero-order chi connectivity index (χ0) is 28.8. The Labute approximate surface area is 250 Å². The molecule has 1 N–H and O–H groups in total. The largest absolute Gasteiger partial charge is 0.497 e. The van der Waals surface area contributed by atoms with E-state index < -0.39 is 5.97 Å². The van der Waals surface area contributed by atoms with E-state index in [1.54, 1.807) is 56.7 Å². The molecule has 12 heteroatoms. The van der Waals surface area contributed by atoms with Gasteiger partial charge in [-0.2, -0.15) is 0 Å². The highest BCUT2D eigenvalue weighted by atomic mass is 35.5. The molecule has 3 aromatic carbocycles. The second-order valence-corrected chi connectivity index (χ2v) is 10.5. The first-order chi connectivity index (χ1) is 19.2. The summed E-state index contributed by atoms with van der Waals surface area (Å²) in [4.78, 5) is 12.3. The summed E-state index contributed by atoms with van der Waals surface area (Å²) in [7, 11) is 3.12. The van der Waals surface area contributed by atoms with E-state index in [1.165, 1.54) is 6.08 Å². The van der Waals surface area contributed by atoms with E-state index in [-0.39, 0.29) is 11.5 Å². The predicted octanol–water partition coefficient (Wildman–Crippen LogP) is 7.74. The Balaban J connectivity index is 1.66. The van der Waals surface area contributed by atoms with Gasteiger partial charge in [-0.3, -0.25) is 0 Å². The number of ether oxygens (including phenoxy) is 3. The Morgan fingerprint density at radius 3 is 2.33 bits per heavy atom. The first-order valence-corrected chi connectivity index (χ1v) is 13.8. The second kappa shape index (κ2) is 13.3. The topological polar surface area (TPSA) is 95.7 Å². The number of hydrogen-bond acceptors (Lipinski definition) is 7. The molecule has 0 amide bonds. The van der Waals surface area contributed by atoms with Crippen LogP contribution >= 0.6 is 46.6 Å². The van der Waals surface area contributed by atoms with E-state index in [0.717, 1.165) is 17.3 Å². The number of nitrogens with zero attached hydrogens (tertiary/aromatic N) is 3. The van der Waals surface area contributed by atoms with Gasteiger partial charge in [0.05, 0.1) is 24.3 Å². The second-order valence-electron chi connectivity index (χ2n) is 8.29. The lowest BCUT2D eigenvalue weighted by Crippen LogP contribution is -2.03. The third-order valence-corrected chi connectivity index (χ3v) is 7.66. The molecule has 0 fully saturated rings. The summed E-state index contributed by atoms with van der Waals surface area (Å²) in [5, 5.41) is 20.3. The van der Waals surface area contributed by atoms with Crippen molar-refractivity contribution in [3.8, 4) is 28.6 Å². The minimum absolute atomic E-state index is 0.00136. The van der Waals surface area contributed by atoms with Gasteiger partial charge in [0.15, 0.2) is 11.0 Å². The molecule has 0 atom stereocenters. The molecule has 0 radical (unpaired) electrons. The van der Waals surface area contributed by atoms with E-state index in [4.69, 9.17) is 49.0 Å². The van der Waals surface area contributed by atoms with Crippen LogP contribution in [-0.2, 0) is 17.9 Å². The molecule has 0 aliphatic heterocycles. The average Bonchev–Trinajstić information content (AvgIpc) is 3.36. The molecular weight excluding hydrogens is 597 g/mol. The van der Waals surface area contributed by atoms with Crippen molar-refractivity contribution in [2.75, 3.05) is 14.2 Å². The van der Waals surface area contributed by atoms with E-state index in [9.17, 15) is 9.90 Å². The van der Waals surface area contributed by atoms with Crippen LogP contribution in [0.3, 0.4) is 0 Å². The number of benzene rings is 3. The first-order valence-electron chi connectivity index (χ1n) is 11.9. The number of aromatic nitrogens is 3. The molecule has 0 saturated heterocycles. The highest BCUT2D eigenvalue weighted by Crippen LogP contribution is 2.35. The van der Waals surface area contributed by atoms with Gasteiger partial charge < -0.3 is 23.9 Å². The molecule has 0 spiro atoms. The first kappa shape index (κ1) is 29.6. The van der Waals surface area contributed by atoms with Crippen LogP contribution < -0.4 is 14.2 Å². The van der Waals surface area contributed by atoms with Gasteiger partial charge >= 0.3 is 5.97 Å². The maximum atomic E-state index is 12.3. The summed E-state index contributed by atoms with van der Waals surface area (Å²) in [5.41, 5.74) is 1.99. The third kappa shape index (κ3) is 7.03. The van der Waals surface area contributed by atoms with E-state index in [2.05, 4.69) is 10.2 Å². The van der Waals surface area contributed by atoms with E-state index >= 15 is 0 Å². The van der Waals surface area contributed by atoms with Gasteiger partial charge in [-0.25, -0.2) is 4.79 Å². The molecule has 0 aliphatic rings. The Bertz CT molecular complexity index is 1550. The molecule has 8 nitrogen and oxygen atoms in total. The number of halogens is 3. The molecule has 0 aliphatic carbocycles. The van der Waals surface area contributed by atoms with Crippen molar-refractivity contribution in [1.29, 1.82) is 0 Å². The fourth-order valence-electron chi connectivity index (χ4n) is 3.73. The van der Waals surface area contributed by atoms with Crippen molar-refractivity contribution in [3.63, 3.8) is 0 Å². The Kier molecular flexibility index (Phi) is 9.86. The number of carbonyl (C=O) groups is 1. The minimum atomic E-state index is -1.14. The zero-order valence-corrected chi connectivity index (χ0v) is 24.7. The summed E-state index contributed by atoms with van der Waals surface area (Å²) in [6.07, 6.45) is 1.49. The molecule has 208 valence electrons. The monoisotopic (exact) mass is 619 g/mol. The minimum Gasteiger partial charge on any atom is -0.497 e. The molecule has 0 saturated carbocycles. The standard InChI is InChI=1S/C28H24Cl3N3O5S/c1-4-34-26(18-11-20(37-2)14-21(12-18)38-3)32-33-28(34)40-25(27(35)36)13-17-10-19(29)6-8-24(17)39-15-16-5-7-22(30)23(31)9-16/h5-14H,4,15H2,1-3H3,(H,35,36)/b25-13-. The highest BCUT2D eigenvalue weighted by molar-refractivity contribution is 8.04. The van der Waals surface area contributed by atoms with Gasteiger partial charge in [0, 0.05) is 28.8 Å². The van der Waals surface area contributed by atoms with Crippen LogP contribution in [0.1, 0.15) is 18.1 Å². The summed E-state index contributed by atoms with van der Waals surface area (Å²) in [6.45, 7) is 2.60. The number of hydrogen-bond donors (Lipinski definition) is 1. The van der Waals surface area contributed by atoms with Gasteiger partial charge in [0.25, 0.3) is 0 Å². The van der Waals surface area contributed by atoms with Gasteiger partial charge in [0.2, 0.25) is 0 Å². The molecule has 0 bridgehead atoms. The molecule has 4 rings (SSSR count). The summed E-state index contributed by atoms with van der Waals surface area (Å²) in [5.74, 6) is 1.02. The molecule has 1 heterocycles. The lowest BCUT2D eigenvalue weighted by Gasteiger charge is -2.12. The van der Waals surface area contributed by atoms with Crippen LogP contribution in [0, 0.1) is 0 Å². The van der Waals surface area contributed by atoms with Crippen molar-refractivity contribution < 1.29 is 24.1 Å². The Morgan fingerprint density at radius 2 is 1.70 bits per heavy atom. The smallest absolute Gasteiger partial charge is 0.342 e. The maximum absolute atomic E-state index is 12.3. The number of aliphatic carboxylic acids is 1. The van der Waals surface area contributed by atoms with Crippen LogP contribution in [0.2, 0.25) is 15.1 Å². The summed E-state index contributed by atoms with van der Waals surface area (Å²) >= 11 is 19.3. The van der Waals surface area contributed by atoms with Crippen LogP contribution in [-0.4, -0.2) is 40.1 Å². The highest BCUT2D eigenvalue weighted by Gasteiger charge is 2.20. The molecule has 40 heavy (non-hydrogen) atoms. The molecule has 0 unspecified atom stereocenters. The van der Waals surface area contributed by atoms with E-state index in [1.807, 2.05) is 23.6 Å². The van der Waals surface area contributed by atoms with Crippen LogP contribution in [0.5, 0.6) is 17.2 Å². The predicted molar refractivity (Wildman–Crippen MR) is 158 cm³/mol.